The largest absolute Gasteiger partial charge is 0.450 e. The van der Waals surface area contributed by atoms with E-state index in [9.17, 15) is 4.79 Å². The van der Waals surface area contributed by atoms with Gasteiger partial charge >= 0.3 is 6.09 Å². The highest BCUT2D eigenvalue weighted by atomic mass is 32.1. The quantitative estimate of drug-likeness (QED) is 0.806. The molecule has 21 heavy (non-hydrogen) atoms. The normalized spacial score (nSPS) is 10.3. The molecule has 6 heteroatoms. The third kappa shape index (κ3) is 4.19. The Balaban J connectivity index is 2.03. The molecule has 2 N–H and O–H groups in total. The average molecular weight is 305 g/mol. The zero-order valence-electron chi connectivity index (χ0n) is 12.0. The van der Waals surface area contributed by atoms with Crippen molar-refractivity contribution in [1.82, 2.24) is 9.88 Å². The minimum absolute atomic E-state index is 0.378. The van der Waals surface area contributed by atoms with Gasteiger partial charge in [0.15, 0.2) is 4.80 Å². The van der Waals surface area contributed by atoms with Gasteiger partial charge in [0, 0.05) is 18.1 Å². The van der Waals surface area contributed by atoms with Crippen LogP contribution in [0.5, 0.6) is 0 Å². The maximum absolute atomic E-state index is 11.6. The van der Waals surface area contributed by atoms with E-state index in [1.165, 1.54) is 11.3 Å². The third-order valence-corrected chi connectivity index (χ3v) is 3.69. The van der Waals surface area contributed by atoms with Gasteiger partial charge in [-0.2, -0.15) is 0 Å². The molecule has 0 saturated carbocycles. The maximum atomic E-state index is 11.6. The lowest BCUT2D eigenvalue weighted by Gasteiger charge is -2.11. The first-order valence-corrected chi connectivity index (χ1v) is 7.80. The van der Waals surface area contributed by atoms with E-state index in [2.05, 4.69) is 5.32 Å². The predicted molar refractivity (Wildman–Crippen MR) is 82.6 cm³/mol. The molecule has 0 spiro atoms. The number of carbonyl (C=O) groups is 1. The van der Waals surface area contributed by atoms with E-state index in [1.54, 1.807) is 4.57 Å². The number of rotatable bonds is 6. The van der Waals surface area contributed by atoms with Crippen molar-refractivity contribution in [1.29, 1.82) is 5.41 Å². The van der Waals surface area contributed by atoms with Crippen molar-refractivity contribution >= 4 is 17.4 Å². The zero-order valence-corrected chi connectivity index (χ0v) is 12.8. The molecular weight excluding hydrogens is 286 g/mol. The second-order valence-electron chi connectivity index (χ2n) is 4.55. The number of nitrogens with zero attached hydrogens (tertiary/aromatic N) is 1. The molecule has 0 aliphatic heterocycles. The molecule has 0 bridgehead atoms. The van der Waals surface area contributed by atoms with E-state index in [1.807, 2.05) is 42.8 Å². The molecule has 112 valence electrons. The number of unbranched alkanes of at least 4 members (excludes halogenated alkanes) is 1. The van der Waals surface area contributed by atoms with Crippen LogP contribution in [0.1, 0.15) is 25.3 Å². The molecular formula is C15H19N3O2S. The Hall–Kier alpha value is -2.08. The number of hydrogen-bond donors (Lipinski definition) is 2. The van der Waals surface area contributed by atoms with Gasteiger partial charge in [0.1, 0.15) is 0 Å². The number of aromatic nitrogens is 1. The van der Waals surface area contributed by atoms with Crippen LogP contribution >= 0.6 is 11.3 Å². The summed E-state index contributed by atoms with van der Waals surface area (Å²) in [5.74, 6) is 0. The molecule has 1 aromatic heterocycles. The van der Waals surface area contributed by atoms with Crippen molar-refractivity contribution in [3.05, 3.63) is 46.2 Å². The van der Waals surface area contributed by atoms with Gasteiger partial charge in [-0.15, -0.1) is 11.3 Å². The number of amides is 1. The molecule has 1 aromatic carbocycles. The van der Waals surface area contributed by atoms with Crippen LogP contribution in [-0.4, -0.2) is 17.3 Å². The van der Waals surface area contributed by atoms with Crippen LogP contribution in [0, 0.1) is 5.41 Å². The Morgan fingerprint density at radius 3 is 2.95 bits per heavy atom. The van der Waals surface area contributed by atoms with E-state index in [0.717, 1.165) is 24.1 Å². The van der Waals surface area contributed by atoms with Gasteiger partial charge in [0.25, 0.3) is 0 Å². The van der Waals surface area contributed by atoms with Gasteiger partial charge in [-0.05, 0) is 18.1 Å². The Morgan fingerprint density at radius 1 is 1.43 bits per heavy atom. The summed E-state index contributed by atoms with van der Waals surface area (Å²) in [6.07, 6.45) is 3.32. The van der Waals surface area contributed by atoms with Crippen LogP contribution in [0.25, 0.3) is 5.69 Å². The van der Waals surface area contributed by atoms with Crippen LogP contribution < -0.4 is 10.1 Å². The number of alkyl carbamates (subject to hydrolysis) is 1. The Kier molecular flexibility index (Phi) is 5.57. The summed E-state index contributed by atoms with van der Waals surface area (Å²) >= 11 is 1.36. The molecule has 2 rings (SSSR count). The molecule has 2 aromatic rings. The molecule has 0 aliphatic rings. The number of thiazole rings is 1. The number of hydrogen-bond acceptors (Lipinski definition) is 4. The second kappa shape index (κ2) is 7.64. The smallest absolute Gasteiger partial charge is 0.407 e. The highest BCUT2D eigenvalue weighted by Crippen LogP contribution is 2.13. The van der Waals surface area contributed by atoms with Crippen LogP contribution in [-0.2, 0) is 11.3 Å². The number of para-hydroxylation sites is 1. The van der Waals surface area contributed by atoms with Crippen LogP contribution in [0.4, 0.5) is 4.79 Å². The molecule has 5 nitrogen and oxygen atoms in total. The molecule has 0 aliphatic carbocycles. The van der Waals surface area contributed by atoms with Crippen LogP contribution in [0.15, 0.2) is 35.8 Å². The molecule has 1 amide bonds. The van der Waals surface area contributed by atoms with Crippen molar-refractivity contribution < 1.29 is 9.53 Å². The Morgan fingerprint density at radius 2 is 2.24 bits per heavy atom. The Bertz CT molecular complexity index is 648. The zero-order chi connectivity index (χ0) is 15.1. The van der Waals surface area contributed by atoms with E-state index in [-0.39, 0.29) is 0 Å². The first-order valence-electron chi connectivity index (χ1n) is 6.92. The maximum Gasteiger partial charge on any atom is 0.407 e. The lowest BCUT2D eigenvalue weighted by Crippen LogP contribution is -2.25. The first kappa shape index (κ1) is 15.3. The highest BCUT2D eigenvalue weighted by molar-refractivity contribution is 7.07. The third-order valence-electron chi connectivity index (χ3n) is 3.01. The van der Waals surface area contributed by atoms with E-state index in [0.29, 0.717) is 18.0 Å². The lowest BCUT2D eigenvalue weighted by atomic mass is 10.2. The average Bonchev–Trinajstić information content (AvgIpc) is 2.92. The van der Waals surface area contributed by atoms with Crippen molar-refractivity contribution in [2.45, 2.75) is 26.3 Å². The van der Waals surface area contributed by atoms with Crippen LogP contribution in [0.2, 0.25) is 0 Å². The summed E-state index contributed by atoms with van der Waals surface area (Å²) in [7, 11) is 0. The molecule has 0 saturated heterocycles. The van der Waals surface area contributed by atoms with Gasteiger partial charge in [0.05, 0.1) is 12.3 Å². The van der Waals surface area contributed by atoms with Crippen molar-refractivity contribution in [2.75, 3.05) is 6.61 Å². The summed E-state index contributed by atoms with van der Waals surface area (Å²) < 4.78 is 6.86. The fourth-order valence-electron chi connectivity index (χ4n) is 1.89. The fourth-order valence-corrected chi connectivity index (χ4v) is 2.48. The predicted octanol–water partition coefficient (Wildman–Crippen LogP) is 3.04. The van der Waals surface area contributed by atoms with E-state index in [4.69, 9.17) is 10.1 Å². The standard InChI is InChI=1S/C15H19N3O2S/c1-2-3-9-20-15(19)17-11-12-6-4-5-7-13(12)18-8-10-21-14(18)16/h4-8,10,16H,2-3,9,11H2,1H3,(H,17,19). The number of carbonyl (C=O) groups excluding carboxylic acids is 1. The summed E-state index contributed by atoms with van der Waals surface area (Å²) in [5.41, 5.74) is 1.85. The van der Waals surface area contributed by atoms with Crippen molar-refractivity contribution in [2.24, 2.45) is 0 Å². The summed E-state index contributed by atoms with van der Waals surface area (Å²) in [5, 5.41) is 12.5. The molecule has 0 unspecified atom stereocenters. The minimum Gasteiger partial charge on any atom is -0.450 e. The second-order valence-corrected chi connectivity index (χ2v) is 5.44. The first-order chi connectivity index (χ1) is 10.2. The molecule has 0 fully saturated rings. The summed E-state index contributed by atoms with van der Waals surface area (Å²) in [4.78, 5) is 12.0. The minimum atomic E-state index is -0.403. The van der Waals surface area contributed by atoms with Gasteiger partial charge < -0.3 is 10.1 Å². The SMILES string of the molecule is CCCCOC(=O)NCc1ccccc1-n1ccsc1=N. The van der Waals surface area contributed by atoms with Gasteiger partial charge in [-0.25, -0.2) is 4.79 Å². The number of benzene rings is 1. The van der Waals surface area contributed by atoms with E-state index >= 15 is 0 Å². The number of nitrogens with one attached hydrogen (secondary N) is 2. The highest BCUT2D eigenvalue weighted by Gasteiger charge is 2.07. The Labute approximate surface area is 127 Å². The van der Waals surface area contributed by atoms with Gasteiger partial charge in [-0.3, -0.25) is 9.98 Å². The molecule has 1 heterocycles. The monoisotopic (exact) mass is 305 g/mol. The molecule has 0 radical (unpaired) electrons. The van der Waals surface area contributed by atoms with Gasteiger partial charge in [0.2, 0.25) is 0 Å². The number of ether oxygens (including phenoxy) is 1. The fraction of sp³-hybridized carbons (Fsp3) is 0.333. The van der Waals surface area contributed by atoms with E-state index < -0.39 is 6.09 Å². The van der Waals surface area contributed by atoms with Crippen LogP contribution in [0.3, 0.4) is 0 Å². The summed E-state index contributed by atoms with van der Waals surface area (Å²) in [6.45, 7) is 2.87. The van der Waals surface area contributed by atoms with Crippen molar-refractivity contribution in [3.8, 4) is 5.69 Å². The lowest BCUT2D eigenvalue weighted by molar-refractivity contribution is 0.144. The van der Waals surface area contributed by atoms with Gasteiger partial charge in [-0.1, -0.05) is 31.5 Å². The topological polar surface area (TPSA) is 67.1 Å². The van der Waals surface area contributed by atoms with Crippen molar-refractivity contribution in [3.63, 3.8) is 0 Å². The molecule has 0 atom stereocenters. The summed E-state index contributed by atoms with van der Waals surface area (Å²) in [6, 6.07) is 7.71.